The molecule has 0 amide bonds. The summed E-state index contributed by atoms with van der Waals surface area (Å²) in [5.74, 6) is -2.89. The molecule has 1 fully saturated rings. The van der Waals surface area contributed by atoms with Crippen molar-refractivity contribution in [2.75, 3.05) is 13.7 Å². The van der Waals surface area contributed by atoms with Gasteiger partial charge >= 0.3 is 24.1 Å². The van der Waals surface area contributed by atoms with Crippen LogP contribution in [0.1, 0.15) is 53.5 Å². The first-order valence-electron chi connectivity index (χ1n) is 19.0. The van der Waals surface area contributed by atoms with Gasteiger partial charge in [0.05, 0.1) is 35.9 Å². The van der Waals surface area contributed by atoms with Crippen molar-refractivity contribution in [1.29, 1.82) is 0 Å². The lowest BCUT2D eigenvalue weighted by Gasteiger charge is -2.42. The summed E-state index contributed by atoms with van der Waals surface area (Å²) < 4.78 is 97.8. The zero-order chi connectivity index (χ0) is 42.9. The van der Waals surface area contributed by atoms with Gasteiger partial charge in [-0.3, -0.25) is 0 Å². The van der Waals surface area contributed by atoms with E-state index in [1.54, 1.807) is 109 Å². The molecule has 61 heavy (non-hydrogen) atoms. The van der Waals surface area contributed by atoms with Gasteiger partial charge in [0, 0.05) is 6.42 Å². The molecule has 5 atom stereocenters. The monoisotopic (exact) mass is 838 g/mol. The van der Waals surface area contributed by atoms with E-state index in [4.69, 9.17) is 28.4 Å². The summed E-state index contributed by atoms with van der Waals surface area (Å²) in [6.07, 6.45) is -15.5. The molecule has 2 heterocycles. The molecular weight excluding hydrogens is 801 g/mol. The molecule has 0 spiro atoms. The van der Waals surface area contributed by atoms with Crippen molar-refractivity contribution < 1.29 is 60.4 Å². The number of halogens is 4. The van der Waals surface area contributed by atoms with Gasteiger partial charge in [-0.2, -0.15) is 18.3 Å². The Hall–Kier alpha value is -7.00. The predicted octanol–water partition coefficient (Wildman–Crippen LogP) is 8.30. The molecule has 0 bridgehead atoms. The second-order valence-corrected chi connectivity index (χ2v) is 13.8. The molecule has 1 aliphatic rings. The third-order valence-electron chi connectivity index (χ3n) is 9.67. The molecule has 6 aromatic rings. The van der Waals surface area contributed by atoms with E-state index in [2.05, 4.69) is 5.10 Å². The van der Waals surface area contributed by atoms with Gasteiger partial charge in [-0.15, -0.1) is 0 Å². The van der Waals surface area contributed by atoms with Crippen molar-refractivity contribution in [2.45, 2.75) is 49.9 Å². The number of carbonyl (C=O) groups excluding carboxylic acids is 3. The van der Waals surface area contributed by atoms with E-state index >= 15 is 17.6 Å². The van der Waals surface area contributed by atoms with E-state index in [0.717, 1.165) is 4.68 Å². The van der Waals surface area contributed by atoms with E-state index in [1.807, 2.05) is 0 Å². The van der Waals surface area contributed by atoms with Crippen LogP contribution < -0.4 is 9.47 Å². The number of esters is 3. The van der Waals surface area contributed by atoms with Crippen molar-refractivity contribution >= 4 is 17.9 Å². The third-order valence-corrected chi connectivity index (χ3v) is 9.67. The molecule has 1 aliphatic heterocycles. The Morgan fingerprint density at radius 3 is 1.70 bits per heavy atom. The average molecular weight is 839 g/mol. The number of benzene rings is 5. The molecule has 1 saturated heterocycles. The van der Waals surface area contributed by atoms with Gasteiger partial charge in [-0.1, -0.05) is 97.1 Å². The number of alkyl halides is 4. The van der Waals surface area contributed by atoms with E-state index < -0.39 is 78.6 Å². The molecule has 15 heteroatoms. The lowest BCUT2D eigenvalue weighted by Crippen LogP contribution is -2.61. The van der Waals surface area contributed by atoms with Crippen LogP contribution in [0.25, 0.3) is 0 Å². The van der Waals surface area contributed by atoms with E-state index in [-0.39, 0.29) is 29.7 Å². The highest BCUT2D eigenvalue weighted by atomic mass is 19.4. The molecule has 1 unspecified atom stereocenters. The number of hydrogen-bond acceptors (Lipinski definition) is 10. The van der Waals surface area contributed by atoms with Crippen LogP contribution >= 0.6 is 0 Å². The molecule has 11 nitrogen and oxygen atoms in total. The number of rotatable bonds is 14. The SMILES string of the molecule is COc1ccc(Cc2c(C(F)(F)F)nn(Cc3ccccc3)c2O[C@@H]2O[C@H](COC(=O)c3ccccc3)[C@@H](F)[C@H](OC(=O)c3ccccc3)C2OC(=O)c2ccccc2)cc1. The summed E-state index contributed by atoms with van der Waals surface area (Å²) in [4.78, 5) is 40.4. The fourth-order valence-corrected chi connectivity index (χ4v) is 6.62. The van der Waals surface area contributed by atoms with Crippen LogP contribution in [0.5, 0.6) is 11.6 Å². The summed E-state index contributed by atoms with van der Waals surface area (Å²) in [5.41, 5.74) is -0.606. The van der Waals surface area contributed by atoms with Crippen LogP contribution in [0, 0.1) is 0 Å². The van der Waals surface area contributed by atoms with E-state index in [0.29, 0.717) is 16.9 Å². The molecule has 314 valence electrons. The lowest BCUT2D eigenvalue weighted by atomic mass is 9.99. The first-order valence-corrected chi connectivity index (χ1v) is 19.0. The summed E-state index contributed by atoms with van der Waals surface area (Å²) in [5, 5.41) is 3.99. The second kappa shape index (κ2) is 18.9. The Morgan fingerprint density at radius 1 is 0.672 bits per heavy atom. The fraction of sp³-hybridized carbons (Fsp3) is 0.217. The number of carbonyl (C=O) groups is 3. The van der Waals surface area contributed by atoms with Crippen molar-refractivity contribution in [1.82, 2.24) is 9.78 Å². The number of methoxy groups -OCH3 is 1. The van der Waals surface area contributed by atoms with E-state index in [1.165, 1.54) is 43.5 Å². The Balaban J connectivity index is 1.34. The second-order valence-electron chi connectivity index (χ2n) is 13.8. The van der Waals surface area contributed by atoms with Crippen molar-refractivity contribution in [2.24, 2.45) is 0 Å². The Bertz CT molecular complexity index is 2400. The molecule has 1 aromatic heterocycles. The first kappa shape index (κ1) is 42.1. The Labute approximate surface area is 347 Å². The van der Waals surface area contributed by atoms with Gasteiger partial charge < -0.3 is 28.4 Å². The number of nitrogens with zero attached hydrogens (tertiary/aromatic N) is 2. The maximum atomic E-state index is 17.0. The van der Waals surface area contributed by atoms with Gasteiger partial charge in [0.2, 0.25) is 18.3 Å². The standard InChI is InChI=1S/C46H38F4N2O9/c1-56-34-24-22-29(23-25-34)26-35-40(46(48,49)50)51-52(27-30-14-6-2-7-15-30)41(35)61-45-39(60-44(55)33-20-12-5-13-21-33)38(59-43(54)32-18-10-4-11-19-32)37(47)36(58-45)28-57-42(53)31-16-8-3-9-17-31/h2-25,36-39,45H,26-28H2,1H3/t36-,37-,38+,39?,45+/m1/s1. The van der Waals surface area contributed by atoms with Gasteiger partial charge in [-0.05, 0) is 59.7 Å². The van der Waals surface area contributed by atoms with Gasteiger partial charge in [0.25, 0.3) is 0 Å². The first-order chi connectivity index (χ1) is 29.5. The van der Waals surface area contributed by atoms with Crippen LogP contribution in [-0.4, -0.2) is 72.2 Å². The molecule has 0 radical (unpaired) electrons. The highest BCUT2D eigenvalue weighted by Crippen LogP contribution is 2.40. The highest BCUT2D eigenvalue weighted by Gasteiger charge is 2.53. The van der Waals surface area contributed by atoms with Crippen molar-refractivity contribution in [3.8, 4) is 11.6 Å². The molecular formula is C46H38F4N2O9. The Morgan fingerprint density at radius 2 is 1.18 bits per heavy atom. The number of ether oxygens (including phenoxy) is 6. The largest absolute Gasteiger partial charge is 0.497 e. The molecule has 0 saturated carbocycles. The summed E-state index contributed by atoms with van der Waals surface area (Å²) in [6, 6.07) is 37.8. The predicted molar refractivity (Wildman–Crippen MR) is 211 cm³/mol. The van der Waals surface area contributed by atoms with Gasteiger partial charge in [0.1, 0.15) is 18.5 Å². The molecule has 0 aliphatic carbocycles. The zero-order valence-electron chi connectivity index (χ0n) is 32.4. The summed E-state index contributed by atoms with van der Waals surface area (Å²) in [7, 11) is 1.45. The average Bonchev–Trinajstić information content (AvgIpc) is 3.62. The third kappa shape index (κ3) is 10.2. The van der Waals surface area contributed by atoms with E-state index in [9.17, 15) is 14.4 Å². The number of hydrogen-bond donors (Lipinski definition) is 0. The van der Waals surface area contributed by atoms with Crippen molar-refractivity contribution in [3.63, 3.8) is 0 Å². The van der Waals surface area contributed by atoms with Crippen LogP contribution in [0.3, 0.4) is 0 Å². The Kier molecular flexibility index (Phi) is 13.1. The summed E-state index contributed by atoms with van der Waals surface area (Å²) in [6.45, 7) is -1.01. The van der Waals surface area contributed by atoms with Gasteiger partial charge in [-0.25, -0.2) is 23.5 Å². The maximum Gasteiger partial charge on any atom is 0.435 e. The topological polar surface area (TPSA) is 124 Å². The summed E-state index contributed by atoms with van der Waals surface area (Å²) >= 11 is 0. The normalized spacial score (nSPS) is 18.7. The van der Waals surface area contributed by atoms with Gasteiger partial charge in [0.15, 0.2) is 18.0 Å². The zero-order valence-corrected chi connectivity index (χ0v) is 32.4. The number of aromatic nitrogens is 2. The quantitative estimate of drug-likeness (QED) is 0.0601. The van der Waals surface area contributed by atoms with Crippen LogP contribution in [0.2, 0.25) is 0 Å². The minimum Gasteiger partial charge on any atom is -0.497 e. The van der Waals surface area contributed by atoms with Crippen LogP contribution in [-0.2, 0) is 38.1 Å². The smallest absolute Gasteiger partial charge is 0.435 e. The minimum atomic E-state index is -5.00. The lowest BCUT2D eigenvalue weighted by molar-refractivity contribution is -0.265. The maximum absolute atomic E-state index is 17.0. The molecule has 7 rings (SSSR count). The van der Waals surface area contributed by atoms with Crippen molar-refractivity contribution in [3.05, 3.63) is 185 Å². The fourth-order valence-electron chi connectivity index (χ4n) is 6.62. The van der Waals surface area contributed by atoms with Crippen LogP contribution in [0.15, 0.2) is 146 Å². The molecule has 0 N–H and O–H groups in total. The minimum absolute atomic E-state index is 0.0105. The van der Waals surface area contributed by atoms with Crippen LogP contribution in [0.4, 0.5) is 17.6 Å². The highest BCUT2D eigenvalue weighted by molar-refractivity contribution is 5.90. The molecule has 5 aromatic carbocycles.